The number of rotatable bonds is 4. The van der Waals surface area contributed by atoms with Crippen LogP contribution in [0.4, 0.5) is 0 Å². The fourth-order valence-electron chi connectivity index (χ4n) is 1.84. The fourth-order valence-corrected chi connectivity index (χ4v) is 1.84. The minimum absolute atomic E-state index is 0.0724. The van der Waals surface area contributed by atoms with E-state index in [-0.39, 0.29) is 6.61 Å². The van der Waals surface area contributed by atoms with Gasteiger partial charge in [-0.3, -0.25) is 0 Å². The molecule has 0 unspecified atom stereocenters. The molecule has 0 atom stereocenters. The summed E-state index contributed by atoms with van der Waals surface area (Å²) >= 11 is 0. The van der Waals surface area contributed by atoms with Crippen LogP contribution < -0.4 is 4.74 Å². The van der Waals surface area contributed by atoms with E-state index in [1.807, 2.05) is 37.3 Å². The normalized spacial score (nSPS) is 9.95. The second-order valence-corrected chi connectivity index (χ2v) is 4.33. The van der Waals surface area contributed by atoms with Gasteiger partial charge in [0.25, 0.3) is 0 Å². The molecule has 0 saturated heterocycles. The molecule has 2 rings (SSSR count). The van der Waals surface area contributed by atoms with Crippen molar-refractivity contribution in [1.29, 1.82) is 5.26 Å². The number of nitrogens with zero attached hydrogens (tertiary/aromatic N) is 1. The SMILES string of the molecule is Cc1cccc(Oc2ccc(CCO)cc2C#N)c1. The van der Waals surface area contributed by atoms with Gasteiger partial charge in [0.15, 0.2) is 0 Å². The Morgan fingerprint density at radius 1 is 1.21 bits per heavy atom. The van der Waals surface area contributed by atoms with Crippen LogP contribution in [0.2, 0.25) is 0 Å². The van der Waals surface area contributed by atoms with Crippen LogP contribution in [0.1, 0.15) is 16.7 Å². The van der Waals surface area contributed by atoms with Gasteiger partial charge in [-0.25, -0.2) is 0 Å². The topological polar surface area (TPSA) is 53.2 Å². The van der Waals surface area contributed by atoms with Crippen LogP contribution in [0.5, 0.6) is 11.5 Å². The average molecular weight is 253 g/mol. The number of hydrogen-bond acceptors (Lipinski definition) is 3. The predicted octanol–water partition coefficient (Wildman–Crippen LogP) is 3.19. The van der Waals surface area contributed by atoms with E-state index in [9.17, 15) is 0 Å². The van der Waals surface area contributed by atoms with Gasteiger partial charge in [-0.15, -0.1) is 0 Å². The first-order valence-corrected chi connectivity index (χ1v) is 6.11. The van der Waals surface area contributed by atoms with Crippen molar-refractivity contribution in [3.8, 4) is 17.6 Å². The zero-order chi connectivity index (χ0) is 13.7. The minimum Gasteiger partial charge on any atom is -0.456 e. The highest BCUT2D eigenvalue weighted by Gasteiger charge is 2.06. The van der Waals surface area contributed by atoms with Crippen molar-refractivity contribution in [1.82, 2.24) is 0 Å². The van der Waals surface area contributed by atoms with E-state index in [1.54, 1.807) is 12.1 Å². The molecule has 3 nitrogen and oxygen atoms in total. The lowest BCUT2D eigenvalue weighted by Gasteiger charge is -2.09. The van der Waals surface area contributed by atoms with Gasteiger partial charge < -0.3 is 9.84 Å². The van der Waals surface area contributed by atoms with Gasteiger partial charge in [0, 0.05) is 6.61 Å². The van der Waals surface area contributed by atoms with Crippen molar-refractivity contribution >= 4 is 0 Å². The second-order valence-electron chi connectivity index (χ2n) is 4.33. The highest BCUT2D eigenvalue weighted by Crippen LogP contribution is 2.26. The Kier molecular flexibility index (Phi) is 4.17. The summed E-state index contributed by atoms with van der Waals surface area (Å²) in [5, 5.41) is 18.1. The fraction of sp³-hybridized carbons (Fsp3) is 0.188. The van der Waals surface area contributed by atoms with E-state index in [0.717, 1.165) is 11.1 Å². The largest absolute Gasteiger partial charge is 0.456 e. The molecule has 19 heavy (non-hydrogen) atoms. The minimum atomic E-state index is 0.0724. The molecule has 3 heteroatoms. The van der Waals surface area contributed by atoms with E-state index in [1.165, 1.54) is 0 Å². The molecule has 2 aromatic rings. The number of nitriles is 1. The number of aryl methyl sites for hydroxylation is 1. The smallest absolute Gasteiger partial charge is 0.145 e. The number of benzene rings is 2. The standard InChI is InChI=1S/C16H15NO2/c1-12-3-2-4-15(9-12)19-16-6-5-13(7-8-18)10-14(16)11-17/h2-6,9-10,18H,7-8H2,1H3. The second kappa shape index (κ2) is 6.03. The molecule has 0 spiro atoms. The van der Waals surface area contributed by atoms with Crippen molar-refractivity contribution in [2.45, 2.75) is 13.3 Å². The van der Waals surface area contributed by atoms with Crippen LogP contribution in [0.15, 0.2) is 42.5 Å². The Hall–Kier alpha value is -2.31. The maximum Gasteiger partial charge on any atom is 0.145 e. The molecular weight excluding hydrogens is 238 g/mol. The van der Waals surface area contributed by atoms with Gasteiger partial charge >= 0.3 is 0 Å². The highest BCUT2D eigenvalue weighted by molar-refractivity contribution is 5.47. The molecule has 0 fully saturated rings. The number of aliphatic hydroxyl groups is 1. The molecule has 1 N–H and O–H groups in total. The molecule has 2 aromatic carbocycles. The summed E-state index contributed by atoms with van der Waals surface area (Å²) in [5.41, 5.74) is 2.51. The zero-order valence-corrected chi connectivity index (χ0v) is 10.8. The lowest BCUT2D eigenvalue weighted by molar-refractivity contribution is 0.299. The summed E-state index contributed by atoms with van der Waals surface area (Å²) in [5.74, 6) is 1.25. The molecule has 0 aliphatic carbocycles. The third-order valence-corrected chi connectivity index (χ3v) is 2.78. The molecule has 0 radical (unpaired) electrons. The Morgan fingerprint density at radius 2 is 2.05 bits per heavy atom. The van der Waals surface area contributed by atoms with E-state index < -0.39 is 0 Å². The molecule has 0 aliphatic rings. The van der Waals surface area contributed by atoms with Crippen molar-refractivity contribution in [3.63, 3.8) is 0 Å². The average Bonchev–Trinajstić information content (AvgIpc) is 2.41. The van der Waals surface area contributed by atoms with Gasteiger partial charge in [0.1, 0.15) is 17.6 Å². The lowest BCUT2D eigenvalue weighted by Crippen LogP contribution is -1.94. The molecule has 0 aromatic heterocycles. The zero-order valence-electron chi connectivity index (χ0n) is 10.8. The Morgan fingerprint density at radius 3 is 2.74 bits per heavy atom. The molecular formula is C16H15NO2. The van der Waals surface area contributed by atoms with Crippen molar-refractivity contribution < 1.29 is 9.84 Å². The summed E-state index contributed by atoms with van der Waals surface area (Å²) in [6.07, 6.45) is 0.541. The Bertz CT molecular complexity index is 614. The first-order valence-electron chi connectivity index (χ1n) is 6.11. The van der Waals surface area contributed by atoms with Gasteiger partial charge in [0.2, 0.25) is 0 Å². The van der Waals surface area contributed by atoms with Crippen LogP contribution in [0.3, 0.4) is 0 Å². The van der Waals surface area contributed by atoms with Crippen LogP contribution in [-0.2, 0) is 6.42 Å². The van der Waals surface area contributed by atoms with Crippen molar-refractivity contribution in [3.05, 3.63) is 59.2 Å². The number of aliphatic hydroxyl groups excluding tert-OH is 1. The summed E-state index contributed by atoms with van der Waals surface area (Å²) < 4.78 is 5.73. The van der Waals surface area contributed by atoms with Crippen molar-refractivity contribution in [2.75, 3.05) is 6.61 Å². The third-order valence-electron chi connectivity index (χ3n) is 2.78. The third kappa shape index (κ3) is 3.34. The molecule has 0 saturated carbocycles. The Balaban J connectivity index is 2.28. The van der Waals surface area contributed by atoms with E-state index in [4.69, 9.17) is 15.1 Å². The summed E-state index contributed by atoms with van der Waals surface area (Å²) in [4.78, 5) is 0. The lowest BCUT2D eigenvalue weighted by atomic mass is 10.1. The summed E-state index contributed by atoms with van der Waals surface area (Å²) in [6.45, 7) is 2.06. The van der Waals surface area contributed by atoms with Gasteiger partial charge in [0.05, 0.1) is 5.56 Å². The van der Waals surface area contributed by atoms with Crippen LogP contribution in [0.25, 0.3) is 0 Å². The van der Waals surface area contributed by atoms with E-state index in [2.05, 4.69) is 6.07 Å². The highest BCUT2D eigenvalue weighted by atomic mass is 16.5. The Labute approximate surface area is 112 Å². The number of ether oxygens (including phenoxy) is 1. The van der Waals surface area contributed by atoms with Gasteiger partial charge in [-0.2, -0.15) is 5.26 Å². The van der Waals surface area contributed by atoms with E-state index in [0.29, 0.717) is 23.5 Å². The maximum absolute atomic E-state index is 9.15. The first-order chi connectivity index (χ1) is 9.22. The van der Waals surface area contributed by atoms with E-state index >= 15 is 0 Å². The van der Waals surface area contributed by atoms with Crippen molar-refractivity contribution in [2.24, 2.45) is 0 Å². The van der Waals surface area contributed by atoms with Crippen LogP contribution in [0, 0.1) is 18.3 Å². The van der Waals surface area contributed by atoms with Gasteiger partial charge in [-0.05, 0) is 48.7 Å². The monoisotopic (exact) mass is 253 g/mol. The summed E-state index contributed by atoms with van der Waals surface area (Å²) in [6, 6.07) is 15.2. The molecule has 96 valence electrons. The number of hydrogen-bond donors (Lipinski definition) is 1. The molecule has 0 amide bonds. The van der Waals surface area contributed by atoms with Gasteiger partial charge in [-0.1, -0.05) is 18.2 Å². The molecule has 0 aliphatic heterocycles. The maximum atomic E-state index is 9.15. The summed E-state index contributed by atoms with van der Waals surface area (Å²) in [7, 11) is 0. The van der Waals surface area contributed by atoms with Crippen LogP contribution in [-0.4, -0.2) is 11.7 Å². The predicted molar refractivity (Wildman–Crippen MR) is 73.2 cm³/mol. The molecule has 0 heterocycles. The quantitative estimate of drug-likeness (QED) is 0.910. The van der Waals surface area contributed by atoms with Crippen LogP contribution >= 0.6 is 0 Å². The molecule has 0 bridgehead atoms. The first kappa shape index (κ1) is 13.1.